The third-order valence-electron chi connectivity index (χ3n) is 2.46. The smallest absolute Gasteiger partial charge is 0.394 e. The van der Waals surface area contributed by atoms with Crippen LogP contribution in [0.4, 0.5) is 0 Å². The van der Waals surface area contributed by atoms with Crippen molar-refractivity contribution in [3.05, 3.63) is 25.3 Å². The Bertz CT molecular complexity index is 398. The molecule has 126 valence electrons. The predicted molar refractivity (Wildman–Crippen MR) is 68.6 cm³/mol. The number of rotatable bonds is 9. The molecular weight excluding hydrogens is 304 g/mol. The SMILES string of the molecule is C=CC(=O)OC(O)(OC(=O)C=C)[C@H](O)[C@H](O)[C@H](O)[C@H](O)CO. The molecule has 6 N–H and O–H groups in total. The zero-order valence-electron chi connectivity index (χ0n) is 11.4. The van der Waals surface area contributed by atoms with Crippen LogP contribution in [-0.4, -0.2) is 79.6 Å². The Kier molecular flexibility index (Phi) is 7.87. The van der Waals surface area contributed by atoms with Gasteiger partial charge in [0.1, 0.15) is 18.3 Å². The van der Waals surface area contributed by atoms with Gasteiger partial charge in [0.2, 0.25) is 0 Å². The van der Waals surface area contributed by atoms with Crippen LogP contribution in [0.5, 0.6) is 0 Å². The normalized spacial score (nSPS) is 16.8. The first kappa shape index (κ1) is 20.2. The Labute approximate surface area is 125 Å². The zero-order valence-corrected chi connectivity index (χ0v) is 11.4. The van der Waals surface area contributed by atoms with Gasteiger partial charge in [0.25, 0.3) is 0 Å². The van der Waals surface area contributed by atoms with Gasteiger partial charge in [-0.2, -0.15) is 0 Å². The molecule has 0 aromatic carbocycles. The molecule has 0 aromatic heterocycles. The summed E-state index contributed by atoms with van der Waals surface area (Å²) in [5.41, 5.74) is 0. The second-order valence-corrected chi connectivity index (χ2v) is 4.06. The third-order valence-corrected chi connectivity index (χ3v) is 2.46. The van der Waals surface area contributed by atoms with E-state index in [2.05, 4.69) is 22.6 Å². The van der Waals surface area contributed by atoms with Crippen LogP contribution < -0.4 is 0 Å². The average Bonchev–Trinajstić information content (AvgIpc) is 2.51. The molecule has 0 bridgehead atoms. The number of ether oxygens (including phenoxy) is 2. The van der Waals surface area contributed by atoms with Crippen molar-refractivity contribution in [1.29, 1.82) is 0 Å². The molecule has 0 aliphatic carbocycles. The van der Waals surface area contributed by atoms with Crippen LogP contribution in [0.1, 0.15) is 0 Å². The van der Waals surface area contributed by atoms with Crippen molar-refractivity contribution in [3.8, 4) is 0 Å². The van der Waals surface area contributed by atoms with Gasteiger partial charge in [-0.05, 0) is 0 Å². The lowest BCUT2D eigenvalue weighted by Crippen LogP contribution is -2.59. The summed E-state index contributed by atoms with van der Waals surface area (Å²) in [4.78, 5) is 22.2. The number of hydrogen-bond acceptors (Lipinski definition) is 10. The minimum absolute atomic E-state index is 0.560. The fourth-order valence-corrected chi connectivity index (χ4v) is 1.25. The van der Waals surface area contributed by atoms with Gasteiger partial charge in [-0.1, -0.05) is 13.2 Å². The first-order chi connectivity index (χ1) is 10.1. The van der Waals surface area contributed by atoms with E-state index in [1.807, 2.05) is 0 Å². The molecule has 0 spiro atoms. The lowest BCUT2D eigenvalue weighted by molar-refractivity contribution is -0.372. The third kappa shape index (κ3) is 5.18. The first-order valence-electron chi connectivity index (χ1n) is 5.89. The minimum atomic E-state index is -3.40. The fourth-order valence-electron chi connectivity index (χ4n) is 1.25. The fraction of sp³-hybridized carbons (Fsp3) is 0.500. The van der Waals surface area contributed by atoms with Gasteiger partial charge in [0.15, 0.2) is 6.10 Å². The maximum absolute atomic E-state index is 11.1. The predicted octanol–water partition coefficient (Wildman–Crippen LogP) is -3.47. The highest BCUT2D eigenvalue weighted by molar-refractivity contribution is 5.83. The first-order valence-corrected chi connectivity index (χ1v) is 5.89. The van der Waals surface area contributed by atoms with Gasteiger partial charge in [0, 0.05) is 12.2 Å². The summed E-state index contributed by atoms with van der Waals surface area (Å²) >= 11 is 0. The van der Waals surface area contributed by atoms with E-state index in [1.165, 1.54) is 0 Å². The summed E-state index contributed by atoms with van der Waals surface area (Å²) in [6, 6.07) is 0. The topological polar surface area (TPSA) is 174 Å². The van der Waals surface area contributed by atoms with Crippen LogP contribution in [0.3, 0.4) is 0 Å². The second kappa shape index (κ2) is 8.58. The maximum Gasteiger partial charge on any atom is 0.404 e. The summed E-state index contributed by atoms with van der Waals surface area (Å²) in [6.07, 6.45) is -7.87. The van der Waals surface area contributed by atoms with Gasteiger partial charge in [-0.25, -0.2) is 9.59 Å². The van der Waals surface area contributed by atoms with E-state index in [9.17, 15) is 30.0 Å². The Morgan fingerprint density at radius 3 is 1.73 bits per heavy atom. The van der Waals surface area contributed by atoms with Crippen LogP contribution in [-0.2, 0) is 19.1 Å². The molecule has 0 unspecified atom stereocenters. The lowest BCUT2D eigenvalue weighted by atomic mass is 10.0. The highest BCUT2D eigenvalue weighted by Gasteiger charge is 2.50. The average molecular weight is 322 g/mol. The highest BCUT2D eigenvalue weighted by atomic mass is 16.8. The Balaban J connectivity index is 5.37. The molecule has 0 saturated carbocycles. The Morgan fingerprint density at radius 1 is 1.00 bits per heavy atom. The number of aliphatic hydroxyl groups excluding tert-OH is 5. The molecule has 0 aromatic rings. The highest BCUT2D eigenvalue weighted by Crippen LogP contribution is 2.21. The summed E-state index contributed by atoms with van der Waals surface area (Å²) < 4.78 is 8.50. The largest absolute Gasteiger partial charge is 0.404 e. The molecule has 22 heavy (non-hydrogen) atoms. The van der Waals surface area contributed by atoms with E-state index in [0.717, 1.165) is 0 Å². The van der Waals surface area contributed by atoms with E-state index < -0.39 is 48.9 Å². The van der Waals surface area contributed by atoms with Crippen LogP contribution in [0.25, 0.3) is 0 Å². The van der Waals surface area contributed by atoms with Gasteiger partial charge in [-0.15, -0.1) is 0 Å². The van der Waals surface area contributed by atoms with Crippen LogP contribution in [0.2, 0.25) is 0 Å². The van der Waals surface area contributed by atoms with Crippen LogP contribution >= 0.6 is 0 Å². The van der Waals surface area contributed by atoms with E-state index in [0.29, 0.717) is 12.2 Å². The molecule has 0 aliphatic heterocycles. The summed E-state index contributed by atoms with van der Waals surface area (Å²) in [5.74, 6) is -6.06. The number of aliphatic hydroxyl groups is 6. The number of carbonyl (C=O) groups excluding carboxylic acids is 2. The number of carbonyl (C=O) groups is 2. The van der Waals surface area contributed by atoms with E-state index in [1.54, 1.807) is 0 Å². The molecule has 10 nitrogen and oxygen atoms in total. The quantitative estimate of drug-likeness (QED) is 0.142. The van der Waals surface area contributed by atoms with Crippen LogP contribution in [0.15, 0.2) is 25.3 Å². The summed E-state index contributed by atoms with van der Waals surface area (Å²) in [7, 11) is 0. The number of esters is 2. The van der Waals surface area contributed by atoms with Gasteiger partial charge in [-0.3, -0.25) is 0 Å². The van der Waals surface area contributed by atoms with Gasteiger partial charge in [0.05, 0.1) is 6.61 Å². The maximum atomic E-state index is 11.1. The molecule has 0 heterocycles. The van der Waals surface area contributed by atoms with E-state index in [4.69, 9.17) is 10.2 Å². The standard InChI is InChI=1S/C12H18O10/c1-3-7(15)21-12(20,22-8(16)4-2)11(19)10(18)9(17)6(14)5-13/h3-4,6,9-11,13-14,17-20H,1-2,5H2/t6-,9-,10-,11-/m1/s1. The summed E-state index contributed by atoms with van der Waals surface area (Å²) in [5, 5.41) is 56.6. The zero-order chi connectivity index (χ0) is 17.5. The number of hydrogen-bond donors (Lipinski definition) is 6. The van der Waals surface area contributed by atoms with Crippen molar-refractivity contribution in [2.45, 2.75) is 30.4 Å². The second-order valence-electron chi connectivity index (χ2n) is 4.06. The monoisotopic (exact) mass is 322 g/mol. The lowest BCUT2D eigenvalue weighted by Gasteiger charge is -2.34. The molecular formula is C12H18O10. The molecule has 0 amide bonds. The molecule has 0 saturated heterocycles. The van der Waals surface area contributed by atoms with Crippen LogP contribution in [0, 0.1) is 0 Å². The van der Waals surface area contributed by atoms with E-state index in [-0.39, 0.29) is 0 Å². The molecule has 10 heteroatoms. The van der Waals surface area contributed by atoms with E-state index >= 15 is 0 Å². The van der Waals surface area contributed by atoms with Crippen molar-refractivity contribution in [2.24, 2.45) is 0 Å². The molecule has 0 fully saturated rings. The van der Waals surface area contributed by atoms with Gasteiger partial charge >= 0.3 is 17.9 Å². The molecule has 0 rings (SSSR count). The Morgan fingerprint density at radius 2 is 1.41 bits per heavy atom. The van der Waals surface area contributed by atoms with Crippen molar-refractivity contribution in [2.75, 3.05) is 6.61 Å². The van der Waals surface area contributed by atoms with Crippen molar-refractivity contribution in [1.82, 2.24) is 0 Å². The van der Waals surface area contributed by atoms with Crippen molar-refractivity contribution < 1.29 is 49.7 Å². The minimum Gasteiger partial charge on any atom is -0.394 e. The van der Waals surface area contributed by atoms with Gasteiger partial charge < -0.3 is 40.1 Å². The summed E-state index contributed by atoms with van der Waals surface area (Å²) in [6.45, 7) is 5.04. The van der Waals surface area contributed by atoms with Crippen molar-refractivity contribution >= 4 is 11.9 Å². The molecule has 0 aliphatic rings. The molecule has 4 atom stereocenters. The van der Waals surface area contributed by atoms with Crippen molar-refractivity contribution in [3.63, 3.8) is 0 Å². The molecule has 0 radical (unpaired) electrons. The Hall–Kier alpha value is -1.82.